The molecule has 3 rings (SSSR count). The van der Waals surface area contributed by atoms with Crippen molar-refractivity contribution in [3.8, 4) is 0 Å². The van der Waals surface area contributed by atoms with E-state index in [9.17, 15) is 15.3 Å². The lowest BCUT2D eigenvalue weighted by atomic mass is 9.78. The molecule has 4 heteroatoms. The fourth-order valence-electron chi connectivity index (χ4n) is 3.99. The highest BCUT2D eigenvalue weighted by molar-refractivity contribution is 5.19. The molecule has 1 heterocycles. The Morgan fingerprint density at radius 2 is 1.45 bits per heavy atom. The van der Waals surface area contributed by atoms with Crippen LogP contribution in [0.1, 0.15) is 37.2 Å². The summed E-state index contributed by atoms with van der Waals surface area (Å²) in [5, 5.41) is 29.2. The third kappa shape index (κ3) is 3.69. The summed E-state index contributed by atoms with van der Waals surface area (Å²) in [4.78, 5) is 2.11. The SMILES string of the molecule is OC1CN(CC2CCC(c3ccccc3)CC2)CC(O)C1O. The number of hydrogen-bond donors (Lipinski definition) is 3. The molecule has 0 aromatic heterocycles. The van der Waals surface area contributed by atoms with Gasteiger partial charge in [-0.05, 0) is 43.1 Å². The van der Waals surface area contributed by atoms with Gasteiger partial charge in [0.1, 0.15) is 6.10 Å². The van der Waals surface area contributed by atoms with E-state index in [4.69, 9.17) is 0 Å². The van der Waals surface area contributed by atoms with Crippen molar-refractivity contribution >= 4 is 0 Å². The zero-order valence-corrected chi connectivity index (χ0v) is 13.0. The zero-order chi connectivity index (χ0) is 15.5. The van der Waals surface area contributed by atoms with Crippen LogP contribution in [0, 0.1) is 5.92 Å². The number of nitrogens with zero attached hydrogens (tertiary/aromatic N) is 1. The molecule has 2 fully saturated rings. The minimum absolute atomic E-state index is 0.469. The Kier molecular flexibility index (Phi) is 5.14. The van der Waals surface area contributed by atoms with Crippen LogP contribution in [0.2, 0.25) is 0 Å². The van der Waals surface area contributed by atoms with Gasteiger partial charge in [-0.3, -0.25) is 4.90 Å². The number of rotatable bonds is 3. The van der Waals surface area contributed by atoms with Crippen molar-refractivity contribution in [2.75, 3.05) is 19.6 Å². The highest BCUT2D eigenvalue weighted by atomic mass is 16.4. The van der Waals surface area contributed by atoms with Crippen LogP contribution in [0.5, 0.6) is 0 Å². The van der Waals surface area contributed by atoms with Gasteiger partial charge in [-0.2, -0.15) is 0 Å². The lowest BCUT2D eigenvalue weighted by molar-refractivity contribution is -0.112. The molecule has 122 valence electrons. The number of hydrogen-bond acceptors (Lipinski definition) is 4. The van der Waals surface area contributed by atoms with Crippen LogP contribution < -0.4 is 0 Å². The quantitative estimate of drug-likeness (QED) is 0.789. The van der Waals surface area contributed by atoms with E-state index in [-0.39, 0.29) is 0 Å². The van der Waals surface area contributed by atoms with Gasteiger partial charge in [-0.1, -0.05) is 30.3 Å². The summed E-state index contributed by atoms with van der Waals surface area (Å²) >= 11 is 0. The third-order valence-electron chi connectivity index (χ3n) is 5.31. The Labute approximate surface area is 132 Å². The van der Waals surface area contributed by atoms with Crippen LogP contribution in [-0.2, 0) is 0 Å². The summed E-state index contributed by atoms with van der Waals surface area (Å²) in [6, 6.07) is 10.7. The highest BCUT2D eigenvalue weighted by Gasteiger charge is 2.34. The van der Waals surface area contributed by atoms with Crippen molar-refractivity contribution in [1.29, 1.82) is 0 Å². The number of aliphatic hydroxyl groups excluding tert-OH is 3. The fourth-order valence-corrected chi connectivity index (χ4v) is 3.99. The Hall–Kier alpha value is -0.940. The van der Waals surface area contributed by atoms with Crippen molar-refractivity contribution < 1.29 is 15.3 Å². The van der Waals surface area contributed by atoms with Gasteiger partial charge in [0.15, 0.2) is 0 Å². The molecule has 1 aromatic rings. The summed E-state index contributed by atoms with van der Waals surface area (Å²) in [6.45, 7) is 1.86. The molecule has 0 spiro atoms. The molecule has 0 amide bonds. The fraction of sp³-hybridized carbons (Fsp3) is 0.667. The van der Waals surface area contributed by atoms with Gasteiger partial charge < -0.3 is 15.3 Å². The zero-order valence-electron chi connectivity index (χ0n) is 13.0. The summed E-state index contributed by atoms with van der Waals surface area (Å²) in [5.41, 5.74) is 1.45. The topological polar surface area (TPSA) is 63.9 Å². The monoisotopic (exact) mass is 305 g/mol. The maximum absolute atomic E-state index is 9.79. The predicted octanol–water partition coefficient (Wildman–Crippen LogP) is 1.36. The average molecular weight is 305 g/mol. The molecule has 1 aliphatic heterocycles. The Bertz CT molecular complexity index is 447. The van der Waals surface area contributed by atoms with Crippen LogP contribution in [0.15, 0.2) is 30.3 Å². The van der Waals surface area contributed by atoms with Crippen LogP contribution in [0.3, 0.4) is 0 Å². The van der Waals surface area contributed by atoms with Crippen LogP contribution in [-0.4, -0.2) is 58.2 Å². The molecule has 3 N–H and O–H groups in total. The van der Waals surface area contributed by atoms with Crippen molar-refractivity contribution in [2.24, 2.45) is 5.92 Å². The van der Waals surface area contributed by atoms with Crippen molar-refractivity contribution in [3.63, 3.8) is 0 Å². The summed E-state index contributed by atoms with van der Waals surface area (Å²) < 4.78 is 0. The molecule has 2 atom stereocenters. The van der Waals surface area contributed by atoms with E-state index < -0.39 is 18.3 Å². The second kappa shape index (κ2) is 7.09. The number of β-amino-alcohol motifs (C(OH)–C–C–N with tert-alkyl or cyclic N) is 2. The van der Waals surface area contributed by atoms with Gasteiger partial charge in [-0.25, -0.2) is 0 Å². The largest absolute Gasteiger partial charge is 0.389 e. The van der Waals surface area contributed by atoms with Gasteiger partial charge >= 0.3 is 0 Å². The second-order valence-electron chi connectivity index (χ2n) is 6.97. The number of piperidine rings is 1. The van der Waals surface area contributed by atoms with E-state index in [1.54, 1.807) is 0 Å². The molecule has 4 nitrogen and oxygen atoms in total. The first kappa shape index (κ1) is 15.9. The van der Waals surface area contributed by atoms with E-state index in [1.807, 2.05) is 0 Å². The maximum Gasteiger partial charge on any atom is 0.108 e. The van der Waals surface area contributed by atoms with Crippen LogP contribution >= 0.6 is 0 Å². The van der Waals surface area contributed by atoms with Crippen molar-refractivity contribution in [3.05, 3.63) is 35.9 Å². The summed E-state index contributed by atoms with van der Waals surface area (Å²) in [6.07, 6.45) is 2.18. The number of likely N-dealkylation sites (tertiary alicyclic amines) is 1. The average Bonchev–Trinajstić information content (AvgIpc) is 2.54. The van der Waals surface area contributed by atoms with E-state index in [0.29, 0.717) is 24.9 Å². The van der Waals surface area contributed by atoms with Crippen molar-refractivity contribution in [1.82, 2.24) is 4.90 Å². The minimum atomic E-state index is -0.995. The first-order valence-electron chi connectivity index (χ1n) is 8.45. The van der Waals surface area contributed by atoms with Crippen LogP contribution in [0.25, 0.3) is 0 Å². The maximum atomic E-state index is 9.79. The van der Waals surface area contributed by atoms with E-state index >= 15 is 0 Å². The summed E-state index contributed by atoms with van der Waals surface area (Å²) in [7, 11) is 0. The molecule has 1 aliphatic carbocycles. The van der Waals surface area contributed by atoms with Gasteiger partial charge in [-0.15, -0.1) is 0 Å². The Balaban J connectivity index is 1.48. The Morgan fingerprint density at radius 3 is 2.05 bits per heavy atom. The smallest absolute Gasteiger partial charge is 0.108 e. The van der Waals surface area contributed by atoms with Gasteiger partial charge in [0, 0.05) is 19.6 Å². The second-order valence-corrected chi connectivity index (χ2v) is 6.97. The standard InChI is InChI=1S/C18H27NO3/c20-16-11-19(12-17(21)18(16)22)10-13-6-8-15(9-7-13)14-4-2-1-3-5-14/h1-5,13,15-18,20-22H,6-12H2. The van der Waals surface area contributed by atoms with E-state index in [0.717, 1.165) is 6.54 Å². The number of benzene rings is 1. The minimum Gasteiger partial charge on any atom is -0.389 e. The highest BCUT2D eigenvalue weighted by Crippen LogP contribution is 2.36. The molecular weight excluding hydrogens is 278 g/mol. The van der Waals surface area contributed by atoms with Gasteiger partial charge in [0.2, 0.25) is 0 Å². The van der Waals surface area contributed by atoms with Gasteiger partial charge in [0.25, 0.3) is 0 Å². The molecule has 2 aliphatic rings. The molecule has 1 saturated heterocycles. The summed E-state index contributed by atoms with van der Waals surface area (Å²) in [5.74, 6) is 1.31. The predicted molar refractivity (Wildman–Crippen MR) is 85.6 cm³/mol. The molecule has 22 heavy (non-hydrogen) atoms. The first-order chi connectivity index (χ1) is 10.6. The van der Waals surface area contributed by atoms with Crippen LogP contribution in [0.4, 0.5) is 0 Å². The number of aliphatic hydroxyl groups is 3. The normalized spacial score (nSPS) is 37.1. The lowest BCUT2D eigenvalue weighted by Crippen LogP contribution is -2.56. The first-order valence-corrected chi connectivity index (χ1v) is 8.45. The molecule has 1 aromatic carbocycles. The molecular formula is C18H27NO3. The molecule has 0 radical (unpaired) electrons. The molecule has 0 bridgehead atoms. The van der Waals surface area contributed by atoms with Crippen molar-refractivity contribution in [2.45, 2.75) is 49.9 Å². The molecule has 1 saturated carbocycles. The Morgan fingerprint density at radius 1 is 0.864 bits per heavy atom. The van der Waals surface area contributed by atoms with Gasteiger partial charge in [0.05, 0.1) is 12.2 Å². The third-order valence-corrected chi connectivity index (χ3v) is 5.31. The lowest BCUT2D eigenvalue weighted by Gasteiger charge is -2.39. The van der Waals surface area contributed by atoms with E-state index in [2.05, 4.69) is 35.2 Å². The van der Waals surface area contributed by atoms with E-state index in [1.165, 1.54) is 31.2 Å². The molecule has 2 unspecified atom stereocenters.